The summed E-state index contributed by atoms with van der Waals surface area (Å²) in [6, 6.07) is 0. The van der Waals surface area contributed by atoms with Crippen molar-refractivity contribution >= 4 is 11.9 Å². The first-order valence-corrected chi connectivity index (χ1v) is 7.59. The molecule has 4 aliphatic rings. The SMILES string of the molecule is CC(=O)OC(C)(C)C12C[C@@H]3C[C@@H](CC(C(=O)[O-])(C3)C1)C2. The van der Waals surface area contributed by atoms with Gasteiger partial charge in [0, 0.05) is 23.7 Å². The molecule has 20 heavy (non-hydrogen) atoms. The molecule has 4 rings (SSSR count). The summed E-state index contributed by atoms with van der Waals surface area (Å²) >= 11 is 0. The van der Waals surface area contributed by atoms with Gasteiger partial charge < -0.3 is 14.6 Å². The summed E-state index contributed by atoms with van der Waals surface area (Å²) in [6.45, 7) is 5.33. The van der Waals surface area contributed by atoms with E-state index in [1.807, 2.05) is 13.8 Å². The normalized spacial score (nSPS) is 42.5. The fourth-order valence-corrected chi connectivity index (χ4v) is 5.67. The molecular weight excluding hydrogens is 256 g/mol. The maximum Gasteiger partial charge on any atom is 0.303 e. The summed E-state index contributed by atoms with van der Waals surface area (Å²) in [6.07, 6.45) is 5.22. The molecule has 4 aliphatic carbocycles. The second-order valence-corrected chi connectivity index (χ2v) is 7.91. The van der Waals surface area contributed by atoms with Crippen molar-refractivity contribution in [3.8, 4) is 0 Å². The van der Waals surface area contributed by atoms with Gasteiger partial charge in [0.15, 0.2) is 0 Å². The lowest BCUT2D eigenvalue weighted by Crippen LogP contribution is -2.64. The van der Waals surface area contributed by atoms with Crippen LogP contribution < -0.4 is 5.11 Å². The second kappa shape index (κ2) is 3.99. The average Bonchev–Trinajstić information content (AvgIpc) is 2.24. The van der Waals surface area contributed by atoms with Gasteiger partial charge in [-0.1, -0.05) is 0 Å². The Morgan fingerprint density at radius 3 is 2.15 bits per heavy atom. The van der Waals surface area contributed by atoms with E-state index in [9.17, 15) is 14.7 Å². The zero-order valence-corrected chi connectivity index (χ0v) is 12.5. The van der Waals surface area contributed by atoms with Crippen LogP contribution in [-0.4, -0.2) is 17.5 Å². The predicted octanol–water partition coefficient (Wildman–Crippen LogP) is 1.66. The summed E-state index contributed by atoms with van der Waals surface area (Å²) in [4.78, 5) is 23.1. The number of esters is 1. The fourth-order valence-electron chi connectivity index (χ4n) is 5.67. The van der Waals surface area contributed by atoms with Crippen LogP contribution in [0, 0.1) is 22.7 Å². The lowest BCUT2D eigenvalue weighted by Gasteiger charge is -2.66. The highest BCUT2D eigenvalue weighted by Crippen LogP contribution is 2.68. The number of carbonyl (C=O) groups excluding carboxylic acids is 2. The summed E-state index contributed by atoms with van der Waals surface area (Å²) in [5.74, 6) is -0.282. The van der Waals surface area contributed by atoms with E-state index < -0.39 is 17.0 Å². The van der Waals surface area contributed by atoms with Crippen LogP contribution in [0.1, 0.15) is 59.3 Å². The summed E-state index contributed by atoms with van der Waals surface area (Å²) in [5.41, 5.74) is -1.47. The van der Waals surface area contributed by atoms with E-state index in [1.165, 1.54) is 6.92 Å². The van der Waals surface area contributed by atoms with Gasteiger partial charge in [0.2, 0.25) is 0 Å². The van der Waals surface area contributed by atoms with Gasteiger partial charge in [0.25, 0.3) is 0 Å². The number of carbonyl (C=O) groups is 2. The number of hydrogen-bond donors (Lipinski definition) is 0. The Morgan fingerprint density at radius 2 is 1.70 bits per heavy atom. The van der Waals surface area contributed by atoms with Gasteiger partial charge in [-0.05, 0) is 64.2 Å². The van der Waals surface area contributed by atoms with Crippen molar-refractivity contribution in [3.63, 3.8) is 0 Å². The molecule has 0 radical (unpaired) electrons. The number of carboxylic acids is 1. The number of ether oxygens (including phenoxy) is 1. The van der Waals surface area contributed by atoms with Crippen LogP contribution in [0.2, 0.25) is 0 Å². The van der Waals surface area contributed by atoms with Crippen molar-refractivity contribution in [3.05, 3.63) is 0 Å². The molecule has 0 saturated heterocycles. The van der Waals surface area contributed by atoms with Crippen molar-refractivity contribution in [2.24, 2.45) is 22.7 Å². The van der Waals surface area contributed by atoms with Gasteiger partial charge >= 0.3 is 5.97 Å². The van der Waals surface area contributed by atoms with Gasteiger partial charge in [-0.15, -0.1) is 0 Å². The Balaban J connectivity index is 1.98. The van der Waals surface area contributed by atoms with Crippen molar-refractivity contribution < 1.29 is 19.4 Å². The molecule has 0 aromatic carbocycles. The van der Waals surface area contributed by atoms with Crippen molar-refractivity contribution in [1.29, 1.82) is 0 Å². The molecule has 0 aromatic heterocycles. The van der Waals surface area contributed by atoms with Gasteiger partial charge in [0.05, 0.1) is 0 Å². The van der Waals surface area contributed by atoms with Crippen LogP contribution in [0.15, 0.2) is 0 Å². The Hall–Kier alpha value is -1.06. The second-order valence-electron chi connectivity index (χ2n) is 7.91. The number of carboxylic acid groups (broad SMARTS) is 1. The molecule has 4 heteroatoms. The van der Waals surface area contributed by atoms with Gasteiger partial charge in [0.1, 0.15) is 5.60 Å². The molecular formula is C16H23O4-. The Morgan fingerprint density at radius 1 is 1.15 bits per heavy atom. The number of aliphatic carboxylic acids is 1. The Bertz CT molecular complexity index is 451. The molecule has 0 aliphatic heterocycles. The van der Waals surface area contributed by atoms with Gasteiger partial charge in [-0.3, -0.25) is 4.79 Å². The Kier molecular flexibility index (Phi) is 2.77. The number of hydrogen-bond acceptors (Lipinski definition) is 4. The van der Waals surface area contributed by atoms with Crippen LogP contribution in [0.4, 0.5) is 0 Å². The highest BCUT2D eigenvalue weighted by Gasteiger charge is 2.63. The van der Waals surface area contributed by atoms with Crippen molar-refractivity contribution in [2.45, 2.75) is 64.9 Å². The summed E-state index contributed by atoms with van der Waals surface area (Å²) in [5, 5.41) is 11.7. The van der Waals surface area contributed by atoms with E-state index in [2.05, 4.69) is 0 Å². The first-order valence-electron chi connectivity index (χ1n) is 7.59. The maximum atomic E-state index is 11.7. The minimum Gasteiger partial charge on any atom is -0.550 e. The van der Waals surface area contributed by atoms with Gasteiger partial charge in [-0.25, -0.2) is 0 Å². The molecule has 4 fully saturated rings. The topological polar surface area (TPSA) is 66.4 Å². The summed E-state index contributed by atoms with van der Waals surface area (Å²) in [7, 11) is 0. The summed E-state index contributed by atoms with van der Waals surface area (Å²) < 4.78 is 5.60. The minimum atomic E-state index is -0.894. The van der Waals surface area contributed by atoms with Crippen molar-refractivity contribution in [1.82, 2.24) is 0 Å². The zero-order chi connectivity index (χ0) is 14.8. The lowest BCUT2D eigenvalue weighted by atomic mass is 9.41. The molecule has 4 saturated carbocycles. The quantitative estimate of drug-likeness (QED) is 0.737. The van der Waals surface area contributed by atoms with E-state index in [-0.39, 0.29) is 11.4 Å². The van der Waals surface area contributed by atoms with E-state index >= 15 is 0 Å². The number of rotatable bonds is 3. The minimum absolute atomic E-state index is 0.192. The monoisotopic (exact) mass is 279 g/mol. The molecule has 0 N–H and O–H groups in total. The van der Waals surface area contributed by atoms with Crippen LogP contribution in [0.5, 0.6) is 0 Å². The van der Waals surface area contributed by atoms with Gasteiger partial charge in [-0.2, -0.15) is 0 Å². The first-order chi connectivity index (χ1) is 9.18. The maximum absolute atomic E-state index is 11.7. The molecule has 0 aromatic rings. The first kappa shape index (κ1) is 13.9. The van der Waals surface area contributed by atoms with Crippen LogP contribution in [0.25, 0.3) is 0 Å². The molecule has 4 bridgehead atoms. The molecule has 2 unspecified atom stereocenters. The Labute approximate surface area is 119 Å². The standard InChI is InChI=1S/C16H24O4/c1-10(17)20-14(2,3)16-7-11-4-12(8-16)6-15(5-11,9-16)13(18)19/h11-12H,4-9H2,1-3H3,(H,18,19)/p-1/t11-,12+,15?,16?. The smallest absolute Gasteiger partial charge is 0.303 e. The van der Waals surface area contributed by atoms with E-state index in [0.29, 0.717) is 18.3 Å². The van der Waals surface area contributed by atoms with E-state index in [1.54, 1.807) is 0 Å². The van der Waals surface area contributed by atoms with Crippen LogP contribution in [-0.2, 0) is 14.3 Å². The fraction of sp³-hybridized carbons (Fsp3) is 0.875. The largest absolute Gasteiger partial charge is 0.550 e. The third-order valence-electron chi connectivity index (χ3n) is 6.17. The predicted molar refractivity (Wildman–Crippen MR) is 70.4 cm³/mol. The highest BCUT2D eigenvalue weighted by molar-refractivity contribution is 5.73. The molecule has 112 valence electrons. The third kappa shape index (κ3) is 1.80. The van der Waals surface area contributed by atoms with E-state index in [4.69, 9.17) is 4.74 Å². The molecule has 0 amide bonds. The van der Waals surface area contributed by atoms with Crippen LogP contribution in [0.3, 0.4) is 0 Å². The molecule has 4 atom stereocenters. The van der Waals surface area contributed by atoms with Crippen molar-refractivity contribution in [2.75, 3.05) is 0 Å². The average molecular weight is 279 g/mol. The molecule has 0 spiro atoms. The van der Waals surface area contributed by atoms with Crippen LogP contribution >= 0.6 is 0 Å². The highest BCUT2D eigenvalue weighted by atomic mass is 16.6. The third-order valence-corrected chi connectivity index (χ3v) is 6.17. The molecule has 0 heterocycles. The lowest BCUT2D eigenvalue weighted by molar-refractivity contribution is -0.332. The zero-order valence-electron chi connectivity index (χ0n) is 12.5. The molecule has 4 nitrogen and oxygen atoms in total. The van der Waals surface area contributed by atoms with E-state index in [0.717, 1.165) is 32.1 Å².